The zero-order chi connectivity index (χ0) is 22.1. The fourth-order valence-electron chi connectivity index (χ4n) is 3.24. The van der Waals surface area contributed by atoms with Gasteiger partial charge in [-0.2, -0.15) is 18.3 Å². The number of carbonyl (C=O) groups is 1. The van der Waals surface area contributed by atoms with Crippen molar-refractivity contribution in [1.29, 1.82) is 0 Å². The van der Waals surface area contributed by atoms with Crippen molar-refractivity contribution in [3.05, 3.63) is 41.7 Å². The highest BCUT2D eigenvalue weighted by molar-refractivity contribution is 7.88. The second-order valence-electron chi connectivity index (χ2n) is 6.97. The first-order valence-corrected chi connectivity index (χ1v) is 10.9. The Morgan fingerprint density at radius 2 is 2.07 bits per heavy atom. The molecular formula is C18H21F3N4O4S. The summed E-state index contributed by atoms with van der Waals surface area (Å²) in [5, 5.41) is 6.82. The smallest absolute Gasteiger partial charge is 0.416 e. The third-order valence-electron chi connectivity index (χ3n) is 4.74. The highest BCUT2D eigenvalue weighted by Gasteiger charge is 2.31. The standard InChI is InChI=1S/C18H21F3N4O4S/c1-29-15-11-25(14-7-3-5-12(9-14)18(19,20)21)23-16(15)17(26)22-13-6-4-8-24(10-13)30(2,27)28/h3,5,7,9,11,13H,4,6,8,10H2,1-2H3,(H,22,26). The van der Waals surface area contributed by atoms with E-state index in [-0.39, 0.29) is 23.7 Å². The molecule has 1 aromatic carbocycles. The van der Waals surface area contributed by atoms with Gasteiger partial charge in [-0.1, -0.05) is 6.07 Å². The normalized spacial score (nSPS) is 18.2. The average Bonchev–Trinajstić information content (AvgIpc) is 3.12. The molecule has 1 atom stereocenters. The molecule has 164 valence electrons. The number of carbonyl (C=O) groups excluding carboxylic acids is 1. The van der Waals surface area contributed by atoms with Crippen LogP contribution in [0.4, 0.5) is 13.2 Å². The largest absolute Gasteiger partial charge is 0.493 e. The lowest BCUT2D eigenvalue weighted by molar-refractivity contribution is -0.137. The molecule has 1 unspecified atom stereocenters. The predicted octanol–water partition coefficient (Wildman–Crippen LogP) is 2.05. The number of piperidine rings is 1. The first-order valence-electron chi connectivity index (χ1n) is 9.06. The molecule has 30 heavy (non-hydrogen) atoms. The van der Waals surface area contributed by atoms with E-state index in [9.17, 15) is 26.4 Å². The van der Waals surface area contributed by atoms with Crippen LogP contribution in [0, 0.1) is 0 Å². The van der Waals surface area contributed by atoms with Crippen LogP contribution in [0.2, 0.25) is 0 Å². The average molecular weight is 446 g/mol. The molecule has 2 heterocycles. The molecule has 1 fully saturated rings. The van der Waals surface area contributed by atoms with Crippen LogP contribution in [-0.2, 0) is 16.2 Å². The van der Waals surface area contributed by atoms with Crippen LogP contribution in [-0.4, -0.2) is 60.9 Å². The van der Waals surface area contributed by atoms with Gasteiger partial charge in [0.2, 0.25) is 10.0 Å². The minimum Gasteiger partial charge on any atom is -0.493 e. The van der Waals surface area contributed by atoms with Crippen LogP contribution in [0.1, 0.15) is 28.9 Å². The Hall–Kier alpha value is -2.60. The molecule has 0 aliphatic carbocycles. The second-order valence-corrected chi connectivity index (χ2v) is 8.95. The fourth-order valence-corrected chi connectivity index (χ4v) is 4.15. The van der Waals surface area contributed by atoms with Crippen molar-refractivity contribution in [2.45, 2.75) is 25.1 Å². The monoisotopic (exact) mass is 446 g/mol. The summed E-state index contributed by atoms with van der Waals surface area (Å²) >= 11 is 0. The van der Waals surface area contributed by atoms with E-state index in [1.165, 1.54) is 29.7 Å². The van der Waals surface area contributed by atoms with Crippen LogP contribution in [0.3, 0.4) is 0 Å². The van der Waals surface area contributed by atoms with Crippen molar-refractivity contribution in [3.8, 4) is 11.4 Å². The van der Waals surface area contributed by atoms with Crippen molar-refractivity contribution < 1.29 is 31.1 Å². The van der Waals surface area contributed by atoms with Gasteiger partial charge < -0.3 is 10.1 Å². The molecule has 0 radical (unpaired) electrons. The van der Waals surface area contributed by atoms with Crippen LogP contribution in [0.5, 0.6) is 5.75 Å². The zero-order valence-corrected chi connectivity index (χ0v) is 17.1. The van der Waals surface area contributed by atoms with Gasteiger partial charge in [0.25, 0.3) is 5.91 Å². The number of ether oxygens (including phenoxy) is 1. The highest BCUT2D eigenvalue weighted by atomic mass is 32.2. The molecule has 1 aromatic heterocycles. The van der Waals surface area contributed by atoms with Gasteiger partial charge in [-0.15, -0.1) is 0 Å². The van der Waals surface area contributed by atoms with E-state index in [4.69, 9.17) is 4.74 Å². The van der Waals surface area contributed by atoms with Gasteiger partial charge in [0.1, 0.15) is 0 Å². The van der Waals surface area contributed by atoms with Gasteiger partial charge in [0, 0.05) is 19.1 Å². The third-order valence-corrected chi connectivity index (χ3v) is 6.01. The summed E-state index contributed by atoms with van der Waals surface area (Å²) in [6.45, 7) is 0.528. The first kappa shape index (κ1) is 22.1. The molecule has 1 amide bonds. The van der Waals surface area contributed by atoms with Gasteiger partial charge in [0.15, 0.2) is 11.4 Å². The Kier molecular flexibility index (Phi) is 6.09. The van der Waals surface area contributed by atoms with Gasteiger partial charge in [-0.25, -0.2) is 17.4 Å². The molecule has 8 nitrogen and oxygen atoms in total. The van der Waals surface area contributed by atoms with E-state index in [1.54, 1.807) is 0 Å². The minimum absolute atomic E-state index is 0.0840. The summed E-state index contributed by atoms with van der Waals surface area (Å²) in [6, 6.07) is 4.11. The van der Waals surface area contributed by atoms with Crippen molar-refractivity contribution in [3.63, 3.8) is 0 Å². The van der Waals surface area contributed by atoms with Gasteiger partial charge in [-0.05, 0) is 31.0 Å². The van der Waals surface area contributed by atoms with Crippen molar-refractivity contribution in [2.75, 3.05) is 26.5 Å². The summed E-state index contributed by atoms with van der Waals surface area (Å²) in [5.74, 6) is -0.515. The molecule has 1 aliphatic rings. The number of alkyl halides is 3. The van der Waals surface area contributed by atoms with Crippen LogP contribution in [0.25, 0.3) is 5.69 Å². The van der Waals surface area contributed by atoms with E-state index < -0.39 is 33.7 Å². The van der Waals surface area contributed by atoms with Crippen LogP contribution in [0.15, 0.2) is 30.5 Å². The van der Waals surface area contributed by atoms with E-state index in [1.807, 2.05) is 0 Å². The maximum atomic E-state index is 13.0. The summed E-state index contributed by atoms with van der Waals surface area (Å²) in [5.41, 5.74) is -0.835. The molecule has 1 aliphatic heterocycles. The Balaban J connectivity index is 1.82. The number of methoxy groups -OCH3 is 1. The summed E-state index contributed by atoms with van der Waals surface area (Å²) < 4.78 is 70.0. The molecule has 12 heteroatoms. The number of halogens is 3. The van der Waals surface area contributed by atoms with E-state index in [0.29, 0.717) is 19.4 Å². The Morgan fingerprint density at radius 3 is 2.70 bits per heavy atom. The lowest BCUT2D eigenvalue weighted by atomic mass is 10.1. The highest BCUT2D eigenvalue weighted by Crippen LogP contribution is 2.30. The number of hydrogen-bond donors (Lipinski definition) is 1. The number of sulfonamides is 1. The van der Waals surface area contributed by atoms with Crippen molar-refractivity contribution in [1.82, 2.24) is 19.4 Å². The molecule has 3 rings (SSSR count). The number of nitrogens with one attached hydrogen (secondary N) is 1. The molecule has 1 N–H and O–H groups in total. The maximum absolute atomic E-state index is 13.0. The SMILES string of the molecule is COc1cn(-c2cccc(C(F)(F)F)c2)nc1C(=O)NC1CCCN(S(C)(=O)=O)C1. The molecule has 0 saturated carbocycles. The van der Waals surface area contributed by atoms with E-state index in [0.717, 1.165) is 23.1 Å². The quantitative estimate of drug-likeness (QED) is 0.759. The van der Waals surface area contributed by atoms with Crippen LogP contribution < -0.4 is 10.1 Å². The van der Waals surface area contributed by atoms with E-state index in [2.05, 4.69) is 10.4 Å². The summed E-state index contributed by atoms with van der Waals surface area (Å²) in [6.07, 6.45) is -0.910. The van der Waals surface area contributed by atoms with Crippen LogP contribution >= 0.6 is 0 Å². The minimum atomic E-state index is -4.51. The molecule has 2 aromatic rings. The number of rotatable bonds is 5. The fraction of sp³-hybridized carbons (Fsp3) is 0.444. The number of aromatic nitrogens is 2. The predicted molar refractivity (Wildman–Crippen MR) is 102 cm³/mol. The van der Waals surface area contributed by atoms with Gasteiger partial charge in [0.05, 0.1) is 30.8 Å². The second kappa shape index (κ2) is 8.26. The lowest BCUT2D eigenvalue weighted by Gasteiger charge is -2.31. The van der Waals surface area contributed by atoms with Gasteiger partial charge in [-0.3, -0.25) is 4.79 Å². The number of hydrogen-bond acceptors (Lipinski definition) is 5. The first-order chi connectivity index (χ1) is 14.0. The molecule has 0 spiro atoms. The number of benzene rings is 1. The summed E-state index contributed by atoms with van der Waals surface area (Å²) in [4.78, 5) is 12.7. The Bertz CT molecular complexity index is 1040. The lowest BCUT2D eigenvalue weighted by Crippen LogP contribution is -2.49. The van der Waals surface area contributed by atoms with E-state index >= 15 is 0 Å². The number of amides is 1. The maximum Gasteiger partial charge on any atom is 0.416 e. The third kappa shape index (κ3) is 4.93. The molecule has 1 saturated heterocycles. The molecule has 0 bridgehead atoms. The molecular weight excluding hydrogens is 425 g/mol. The number of nitrogens with zero attached hydrogens (tertiary/aromatic N) is 3. The Morgan fingerprint density at radius 1 is 1.33 bits per heavy atom. The van der Waals surface area contributed by atoms with Gasteiger partial charge >= 0.3 is 6.18 Å². The van der Waals surface area contributed by atoms with Crippen molar-refractivity contribution in [2.24, 2.45) is 0 Å². The Labute approximate surface area is 171 Å². The zero-order valence-electron chi connectivity index (χ0n) is 16.3. The topological polar surface area (TPSA) is 93.5 Å². The van der Waals surface area contributed by atoms with Crippen molar-refractivity contribution >= 4 is 15.9 Å². The summed E-state index contributed by atoms with van der Waals surface area (Å²) in [7, 11) is -2.06.